The quantitative estimate of drug-likeness (QED) is 0.714. The molecule has 0 saturated heterocycles. The number of urea groups is 1. The van der Waals surface area contributed by atoms with Gasteiger partial charge in [-0.1, -0.05) is 34.1 Å². The maximum absolute atomic E-state index is 12.5. The summed E-state index contributed by atoms with van der Waals surface area (Å²) in [6, 6.07) is 4.75. The summed E-state index contributed by atoms with van der Waals surface area (Å²) in [5.41, 5.74) is 1.31. The first-order valence-electron chi connectivity index (χ1n) is 9.45. The van der Waals surface area contributed by atoms with E-state index in [9.17, 15) is 14.4 Å². The Labute approximate surface area is 155 Å². The molecule has 0 aliphatic carbocycles. The summed E-state index contributed by atoms with van der Waals surface area (Å²) in [5, 5.41) is 2.86. The normalized spacial score (nSPS) is 13.3. The summed E-state index contributed by atoms with van der Waals surface area (Å²) >= 11 is 0. The minimum absolute atomic E-state index is 0.170. The van der Waals surface area contributed by atoms with Crippen molar-refractivity contribution < 1.29 is 14.4 Å². The van der Waals surface area contributed by atoms with Gasteiger partial charge in [0, 0.05) is 25.3 Å². The number of nitrogens with zero attached hydrogens (tertiary/aromatic N) is 2. The molecular weight excluding hydrogens is 330 g/mol. The van der Waals surface area contributed by atoms with Gasteiger partial charge in [0.25, 0.3) is 11.8 Å². The molecule has 142 valence electrons. The predicted octanol–water partition coefficient (Wildman–Crippen LogP) is 3.98. The number of amides is 4. The zero-order chi connectivity index (χ0) is 19.3. The van der Waals surface area contributed by atoms with Gasteiger partial charge in [0.1, 0.15) is 0 Å². The molecule has 0 bridgehead atoms. The second kappa shape index (κ2) is 8.83. The van der Waals surface area contributed by atoms with Gasteiger partial charge in [-0.05, 0) is 37.0 Å². The number of nitrogens with one attached hydrogen (secondary N) is 1. The van der Waals surface area contributed by atoms with E-state index in [1.165, 1.54) is 4.90 Å². The third-order valence-corrected chi connectivity index (χ3v) is 4.33. The molecule has 6 heteroatoms. The Hall–Kier alpha value is -2.37. The third-order valence-electron chi connectivity index (χ3n) is 4.33. The van der Waals surface area contributed by atoms with Crippen LogP contribution in [0.2, 0.25) is 0 Å². The van der Waals surface area contributed by atoms with Gasteiger partial charge in [0.05, 0.1) is 11.1 Å². The summed E-state index contributed by atoms with van der Waals surface area (Å²) in [4.78, 5) is 40.5. The molecule has 1 heterocycles. The van der Waals surface area contributed by atoms with Gasteiger partial charge in [0.15, 0.2) is 0 Å². The highest BCUT2D eigenvalue weighted by molar-refractivity contribution is 6.21. The molecule has 0 aromatic heterocycles. The van der Waals surface area contributed by atoms with Crippen molar-refractivity contribution in [3.8, 4) is 0 Å². The number of fused-ring (bicyclic) bond motifs is 1. The van der Waals surface area contributed by atoms with Crippen LogP contribution in [-0.4, -0.2) is 47.3 Å². The number of carbonyl (C=O) groups is 3. The van der Waals surface area contributed by atoms with Crippen molar-refractivity contribution in [2.24, 2.45) is 5.92 Å². The molecule has 1 aliphatic heterocycles. The van der Waals surface area contributed by atoms with Crippen LogP contribution in [0.3, 0.4) is 0 Å². The Morgan fingerprint density at radius 3 is 2.38 bits per heavy atom. The molecule has 6 nitrogen and oxygen atoms in total. The van der Waals surface area contributed by atoms with E-state index in [4.69, 9.17) is 0 Å². The van der Waals surface area contributed by atoms with Gasteiger partial charge < -0.3 is 10.2 Å². The Balaban J connectivity index is 2.14. The van der Waals surface area contributed by atoms with E-state index in [0.29, 0.717) is 36.4 Å². The van der Waals surface area contributed by atoms with Crippen LogP contribution in [0, 0.1) is 5.92 Å². The smallest absolute Gasteiger partial charge is 0.321 e. The average Bonchev–Trinajstić information content (AvgIpc) is 2.82. The highest BCUT2D eigenvalue weighted by atomic mass is 16.2. The monoisotopic (exact) mass is 359 g/mol. The second-order valence-corrected chi connectivity index (χ2v) is 7.15. The molecule has 26 heavy (non-hydrogen) atoms. The van der Waals surface area contributed by atoms with Gasteiger partial charge in [-0.15, -0.1) is 0 Å². The lowest BCUT2D eigenvalue weighted by Crippen LogP contribution is -2.36. The van der Waals surface area contributed by atoms with Gasteiger partial charge in [0.2, 0.25) is 0 Å². The first-order chi connectivity index (χ1) is 12.4. The Bertz CT molecular complexity index is 685. The van der Waals surface area contributed by atoms with Crippen LogP contribution >= 0.6 is 0 Å². The molecule has 0 fully saturated rings. The fraction of sp³-hybridized carbons (Fsp3) is 0.550. The molecule has 1 N–H and O–H groups in total. The first-order valence-corrected chi connectivity index (χ1v) is 9.45. The van der Waals surface area contributed by atoms with E-state index >= 15 is 0 Å². The minimum Gasteiger partial charge on any atom is -0.325 e. The average molecular weight is 359 g/mol. The SMILES string of the molecule is CCCCN(CCC)C(=O)Nc1ccc2c(c1)C(=O)N(CC(C)C)C2=O. The van der Waals surface area contributed by atoms with Crippen molar-refractivity contribution in [2.75, 3.05) is 25.0 Å². The van der Waals surface area contributed by atoms with Gasteiger partial charge in [-0.2, -0.15) is 0 Å². The highest BCUT2D eigenvalue weighted by Crippen LogP contribution is 2.26. The largest absolute Gasteiger partial charge is 0.325 e. The second-order valence-electron chi connectivity index (χ2n) is 7.15. The summed E-state index contributed by atoms with van der Waals surface area (Å²) in [5.74, 6) is -0.337. The van der Waals surface area contributed by atoms with Crippen LogP contribution in [0.15, 0.2) is 18.2 Å². The van der Waals surface area contributed by atoms with E-state index < -0.39 is 0 Å². The lowest BCUT2D eigenvalue weighted by molar-refractivity contribution is 0.0636. The lowest BCUT2D eigenvalue weighted by Gasteiger charge is -2.22. The summed E-state index contributed by atoms with van der Waals surface area (Å²) in [6.45, 7) is 9.86. The number of anilines is 1. The molecule has 1 aromatic carbocycles. The van der Waals surface area contributed by atoms with Crippen LogP contribution in [0.25, 0.3) is 0 Å². The standard InChI is InChI=1S/C20H29N3O3/c1-5-7-11-22(10-6-2)20(26)21-15-8-9-16-17(12-15)19(25)23(18(16)24)13-14(3)4/h8-9,12,14H,5-7,10-11,13H2,1-4H3,(H,21,26). The number of imide groups is 1. The maximum atomic E-state index is 12.5. The zero-order valence-electron chi connectivity index (χ0n) is 16.2. The van der Waals surface area contributed by atoms with Crippen LogP contribution in [-0.2, 0) is 0 Å². The molecule has 0 saturated carbocycles. The number of hydrogen-bond donors (Lipinski definition) is 1. The molecule has 0 radical (unpaired) electrons. The number of unbranched alkanes of at least 4 members (excludes halogenated alkanes) is 1. The van der Waals surface area contributed by atoms with E-state index in [2.05, 4.69) is 12.2 Å². The van der Waals surface area contributed by atoms with Crippen molar-refractivity contribution >= 4 is 23.5 Å². The summed E-state index contributed by atoms with van der Waals surface area (Å²) in [6.07, 6.45) is 2.86. The topological polar surface area (TPSA) is 69.7 Å². The van der Waals surface area contributed by atoms with Crippen LogP contribution in [0.4, 0.5) is 10.5 Å². The van der Waals surface area contributed by atoms with Gasteiger partial charge in [-0.25, -0.2) is 4.79 Å². The molecule has 0 spiro atoms. The zero-order valence-corrected chi connectivity index (χ0v) is 16.2. The van der Waals surface area contributed by atoms with Gasteiger partial charge >= 0.3 is 6.03 Å². The lowest BCUT2D eigenvalue weighted by atomic mass is 10.1. The number of benzene rings is 1. The number of hydrogen-bond acceptors (Lipinski definition) is 3. The third kappa shape index (κ3) is 4.42. The molecule has 0 unspecified atom stereocenters. The van der Waals surface area contributed by atoms with Crippen molar-refractivity contribution in [1.82, 2.24) is 9.80 Å². The van der Waals surface area contributed by atoms with Crippen molar-refractivity contribution in [1.29, 1.82) is 0 Å². The molecule has 0 atom stereocenters. The summed E-state index contributed by atoms with van der Waals surface area (Å²) in [7, 11) is 0. The molecule has 4 amide bonds. The van der Waals surface area contributed by atoms with Gasteiger partial charge in [-0.3, -0.25) is 14.5 Å². The molecule has 1 aromatic rings. The summed E-state index contributed by atoms with van der Waals surface area (Å²) < 4.78 is 0. The van der Waals surface area contributed by atoms with E-state index in [-0.39, 0.29) is 23.8 Å². The molecule has 1 aliphatic rings. The Kier molecular flexibility index (Phi) is 6.77. The first kappa shape index (κ1) is 19.9. The number of carbonyl (C=O) groups excluding carboxylic acids is 3. The minimum atomic E-state index is -0.286. The van der Waals surface area contributed by atoms with Crippen LogP contribution in [0.1, 0.15) is 67.7 Å². The highest BCUT2D eigenvalue weighted by Gasteiger charge is 2.35. The van der Waals surface area contributed by atoms with E-state index in [1.54, 1.807) is 23.1 Å². The maximum Gasteiger partial charge on any atom is 0.321 e. The van der Waals surface area contributed by atoms with Crippen LogP contribution < -0.4 is 5.32 Å². The Morgan fingerprint density at radius 2 is 1.77 bits per heavy atom. The Morgan fingerprint density at radius 1 is 1.08 bits per heavy atom. The van der Waals surface area contributed by atoms with Crippen molar-refractivity contribution in [3.63, 3.8) is 0 Å². The van der Waals surface area contributed by atoms with E-state index in [0.717, 1.165) is 19.3 Å². The van der Waals surface area contributed by atoms with Crippen LogP contribution in [0.5, 0.6) is 0 Å². The fourth-order valence-electron chi connectivity index (χ4n) is 3.04. The van der Waals surface area contributed by atoms with Crippen molar-refractivity contribution in [2.45, 2.75) is 47.0 Å². The molecule has 2 rings (SSSR count). The van der Waals surface area contributed by atoms with Crippen molar-refractivity contribution in [3.05, 3.63) is 29.3 Å². The number of rotatable bonds is 8. The van der Waals surface area contributed by atoms with E-state index in [1.807, 2.05) is 20.8 Å². The fourth-order valence-corrected chi connectivity index (χ4v) is 3.04. The molecular formula is C20H29N3O3. The predicted molar refractivity (Wildman–Crippen MR) is 102 cm³/mol.